The van der Waals surface area contributed by atoms with E-state index in [1.165, 1.54) is 5.56 Å². The van der Waals surface area contributed by atoms with Gasteiger partial charge in [0.2, 0.25) is 5.91 Å². The van der Waals surface area contributed by atoms with Crippen molar-refractivity contribution in [2.75, 3.05) is 13.1 Å². The third-order valence-electron chi connectivity index (χ3n) is 5.24. The number of benzene rings is 2. The maximum atomic E-state index is 12.7. The third kappa shape index (κ3) is 4.64. The van der Waals surface area contributed by atoms with Crippen LogP contribution in [0.2, 0.25) is 0 Å². The van der Waals surface area contributed by atoms with E-state index in [4.69, 9.17) is 0 Å². The van der Waals surface area contributed by atoms with E-state index in [0.29, 0.717) is 12.3 Å². The van der Waals surface area contributed by atoms with Crippen LogP contribution in [0.4, 0.5) is 0 Å². The number of amides is 1. The van der Waals surface area contributed by atoms with Gasteiger partial charge in [-0.2, -0.15) is 0 Å². The molecule has 2 heterocycles. The number of hydrogen-bond donors (Lipinski definition) is 0. The quantitative estimate of drug-likeness (QED) is 0.639. The minimum absolute atomic E-state index is 0.207. The van der Waals surface area contributed by atoms with Gasteiger partial charge in [0.05, 0.1) is 12.1 Å². The zero-order chi connectivity index (χ0) is 18.5. The molecule has 0 unspecified atom stereocenters. The molecule has 27 heavy (non-hydrogen) atoms. The van der Waals surface area contributed by atoms with Crippen molar-refractivity contribution in [2.24, 2.45) is 5.92 Å². The van der Waals surface area contributed by atoms with Crippen LogP contribution >= 0.6 is 11.3 Å². The van der Waals surface area contributed by atoms with Crippen LogP contribution in [0.25, 0.3) is 10.6 Å². The number of carbonyl (C=O) groups excluding carboxylic acids is 1. The lowest BCUT2D eigenvalue weighted by atomic mass is 9.90. The summed E-state index contributed by atoms with van der Waals surface area (Å²) in [5.41, 5.74) is 3.40. The third-order valence-corrected chi connectivity index (χ3v) is 6.18. The number of carbonyl (C=O) groups is 1. The van der Waals surface area contributed by atoms with E-state index in [1.807, 2.05) is 28.5 Å². The van der Waals surface area contributed by atoms with E-state index in [9.17, 15) is 4.79 Å². The Morgan fingerprint density at radius 2 is 1.67 bits per heavy atom. The second-order valence-corrected chi connectivity index (χ2v) is 8.06. The van der Waals surface area contributed by atoms with Crippen LogP contribution in [0.5, 0.6) is 0 Å². The summed E-state index contributed by atoms with van der Waals surface area (Å²) in [4.78, 5) is 19.3. The fourth-order valence-corrected chi connectivity index (χ4v) is 4.53. The highest BCUT2D eigenvalue weighted by Gasteiger charge is 2.23. The second-order valence-electron chi connectivity index (χ2n) is 7.20. The van der Waals surface area contributed by atoms with Gasteiger partial charge < -0.3 is 4.90 Å². The molecule has 1 aliphatic rings. The van der Waals surface area contributed by atoms with E-state index in [0.717, 1.165) is 48.6 Å². The fourth-order valence-electron chi connectivity index (χ4n) is 3.70. The highest BCUT2D eigenvalue weighted by atomic mass is 32.1. The molecule has 0 saturated carbocycles. The summed E-state index contributed by atoms with van der Waals surface area (Å²) in [6.45, 7) is 1.73. The lowest BCUT2D eigenvalue weighted by molar-refractivity contribution is -0.131. The summed E-state index contributed by atoms with van der Waals surface area (Å²) in [6, 6.07) is 20.8. The molecule has 0 bridgehead atoms. The van der Waals surface area contributed by atoms with E-state index >= 15 is 0 Å². The lowest BCUT2D eigenvalue weighted by Crippen LogP contribution is -2.39. The summed E-state index contributed by atoms with van der Waals surface area (Å²) in [7, 11) is 0. The first kappa shape index (κ1) is 17.9. The Kier molecular flexibility index (Phi) is 5.64. The number of thiazole rings is 1. The predicted molar refractivity (Wildman–Crippen MR) is 111 cm³/mol. The number of nitrogens with zero attached hydrogens (tertiary/aromatic N) is 2. The average Bonchev–Trinajstić information content (AvgIpc) is 3.18. The molecule has 0 radical (unpaired) electrons. The van der Waals surface area contributed by atoms with Crippen LogP contribution in [-0.4, -0.2) is 28.9 Å². The van der Waals surface area contributed by atoms with Gasteiger partial charge in [0, 0.05) is 24.0 Å². The summed E-state index contributed by atoms with van der Waals surface area (Å²) in [5, 5.41) is 3.00. The van der Waals surface area contributed by atoms with Crippen molar-refractivity contribution < 1.29 is 4.79 Å². The van der Waals surface area contributed by atoms with Gasteiger partial charge in [0.1, 0.15) is 5.01 Å². The summed E-state index contributed by atoms with van der Waals surface area (Å²) in [6.07, 6.45) is 3.71. The van der Waals surface area contributed by atoms with Gasteiger partial charge in [-0.1, -0.05) is 60.7 Å². The summed E-state index contributed by atoms with van der Waals surface area (Å²) < 4.78 is 0. The number of hydrogen-bond acceptors (Lipinski definition) is 3. The number of likely N-dealkylation sites (tertiary alicyclic amines) is 1. The van der Waals surface area contributed by atoms with Crippen LogP contribution in [0.3, 0.4) is 0 Å². The standard InChI is InChI=1S/C23H24N2OS/c26-22(16-21-17-27-23(24-21)20-9-5-2-6-10-20)25-13-11-19(12-14-25)15-18-7-3-1-4-8-18/h1-10,17,19H,11-16H2. The lowest BCUT2D eigenvalue weighted by Gasteiger charge is -2.32. The molecule has 0 N–H and O–H groups in total. The smallest absolute Gasteiger partial charge is 0.228 e. The molecule has 0 spiro atoms. The Bertz CT molecular complexity index is 868. The Morgan fingerprint density at radius 3 is 2.37 bits per heavy atom. The molecule has 3 nitrogen and oxygen atoms in total. The molecule has 138 valence electrons. The molecule has 0 aliphatic carbocycles. The molecular weight excluding hydrogens is 352 g/mol. The van der Waals surface area contributed by atoms with Gasteiger partial charge in [-0.25, -0.2) is 4.98 Å². The molecule has 3 aromatic rings. The van der Waals surface area contributed by atoms with Gasteiger partial charge in [0.15, 0.2) is 0 Å². The molecule has 1 saturated heterocycles. The van der Waals surface area contributed by atoms with Crippen molar-refractivity contribution >= 4 is 17.2 Å². The first-order valence-corrected chi connectivity index (χ1v) is 10.5. The Balaban J connectivity index is 1.29. The van der Waals surface area contributed by atoms with Crippen molar-refractivity contribution in [2.45, 2.75) is 25.7 Å². The van der Waals surface area contributed by atoms with Crippen LogP contribution in [-0.2, 0) is 17.6 Å². The SMILES string of the molecule is O=C(Cc1csc(-c2ccccc2)n1)N1CCC(Cc2ccccc2)CC1. The van der Waals surface area contributed by atoms with E-state index < -0.39 is 0 Å². The topological polar surface area (TPSA) is 33.2 Å². The largest absolute Gasteiger partial charge is 0.342 e. The zero-order valence-electron chi connectivity index (χ0n) is 15.4. The normalized spacial score (nSPS) is 15.0. The second kappa shape index (κ2) is 8.49. The summed E-state index contributed by atoms with van der Waals surface area (Å²) in [5.74, 6) is 0.887. The van der Waals surface area contributed by atoms with Crippen molar-refractivity contribution in [1.29, 1.82) is 0 Å². The van der Waals surface area contributed by atoms with Crippen molar-refractivity contribution in [3.8, 4) is 10.6 Å². The predicted octanol–water partition coefficient (Wildman–Crippen LogP) is 4.83. The molecular formula is C23H24N2OS. The molecule has 4 heteroatoms. The van der Waals surface area contributed by atoms with E-state index in [1.54, 1.807) is 11.3 Å². The first-order chi connectivity index (χ1) is 13.3. The highest BCUT2D eigenvalue weighted by Crippen LogP contribution is 2.25. The summed E-state index contributed by atoms with van der Waals surface area (Å²) >= 11 is 1.61. The van der Waals surface area contributed by atoms with Crippen molar-refractivity contribution in [1.82, 2.24) is 9.88 Å². The first-order valence-electron chi connectivity index (χ1n) is 9.59. The fraction of sp³-hybridized carbons (Fsp3) is 0.304. The molecule has 2 aromatic carbocycles. The molecule has 1 amide bonds. The van der Waals surface area contributed by atoms with E-state index in [-0.39, 0.29) is 5.91 Å². The van der Waals surface area contributed by atoms with Crippen molar-refractivity contribution in [3.63, 3.8) is 0 Å². The monoisotopic (exact) mass is 376 g/mol. The zero-order valence-corrected chi connectivity index (χ0v) is 16.2. The average molecular weight is 377 g/mol. The molecule has 1 fully saturated rings. The molecule has 0 atom stereocenters. The minimum atomic E-state index is 0.207. The number of piperidine rings is 1. The maximum absolute atomic E-state index is 12.7. The Labute approximate surface area is 164 Å². The number of rotatable bonds is 5. The van der Waals surface area contributed by atoms with E-state index in [2.05, 4.69) is 47.4 Å². The van der Waals surface area contributed by atoms with Crippen LogP contribution in [0.15, 0.2) is 66.0 Å². The van der Waals surface area contributed by atoms with Crippen LogP contribution < -0.4 is 0 Å². The Morgan fingerprint density at radius 1 is 1.00 bits per heavy atom. The highest BCUT2D eigenvalue weighted by molar-refractivity contribution is 7.13. The number of aromatic nitrogens is 1. The molecule has 4 rings (SSSR count). The molecule has 1 aliphatic heterocycles. The maximum Gasteiger partial charge on any atom is 0.228 e. The van der Waals surface area contributed by atoms with Gasteiger partial charge in [-0.15, -0.1) is 11.3 Å². The van der Waals surface area contributed by atoms with Crippen molar-refractivity contribution in [3.05, 3.63) is 77.3 Å². The van der Waals surface area contributed by atoms with Gasteiger partial charge >= 0.3 is 0 Å². The van der Waals surface area contributed by atoms with Gasteiger partial charge in [0.25, 0.3) is 0 Å². The minimum Gasteiger partial charge on any atom is -0.342 e. The van der Waals surface area contributed by atoms with Gasteiger partial charge in [-0.3, -0.25) is 4.79 Å². The van der Waals surface area contributed by atoms with Gasteiger partial charge in [-0.05, 0) is 30.7 Å². The molecule has 1 aromatic heterocycles. The van der Waals surface area contributed by atoms with Crippen LogP contribution in [0.1, 0.15) is 24.1 Å². The van der Waals surface area contributed by atoms with Crippen LogP contribution in [0, 0.1) is 5.92 Å². The Hall–Kier alpha value is -2.46.